The first kappa shape index (κ1) is 31.5. The molecule has 0 aliphatic heterocycles. The van der Waals surface area contributed by atoms with E-state index in [4.69, 9.17) is 22.9 Å². The Morgan fingerprint density at radius 1 is 0.886 bits per heavy atom. The van der Waals surface area contributed by atoms with Crippen molar-refractivity contribution in [2.24, 2.45) is 33.8 Å². The predicted molar refractivity (Wildman–Crippen MR) is 126 cm³/mol. The van der Waals surface area contributed by atoms with Gasteiger partial charge in [0.25, 0.3) is 0 Å². The molecule has 0 rings (SSSR count). The summed E-state index contributed by atoms with van der Waals surface area (Å²) in [5.41, 5.74) is 21.1. The van der Waals surface area contributed by atoms with Gasteiger partial charge >= 0.3 is 5.97 Å². The van der Waals surface area contributed by atoms with Crippen molar-refractivity contribution in [2.75, 3.05) is 6.54 Å². The van der Waals surface area contributed by atoms with E-state index in [9.17, 15) is 34.2 Å². The van der Waals surface area contributed by atoms with Crippen molar-refractivity contribution in [1.82, 2.24) is 16.0 Å². The number of hydrogen-bond acceptors (Lipinski definition) is 8. The van der Waals surface area contributed by atoms with Crippen LogP contribution in [0.3, 0.4) is 0 Å². The Labute approximate surface area is 203 Å². The predicted octanol–water partition coefficient (Wildman–Crippen LogP) is -3.79. The van der Waals surface area contributed by atoms with Gasteiger partial charge in [-0.25, -0.2) is 4.79 Å². The lowest BCUT2D eigenvalue weighted by atomic mass is 10.0. The molecule has 4 amide bonds. The van der Waals surface area contributed by atoms with E-state index in [1.807, 2.05) is 0 Å². The number of hydrogen-bond donors (Lipinski definition) is 9. The van der Waals surface area contributed by atoms with Gasteiger partial charge in [0.2, 0.25) is 23.6 Å². The molecule has 5 unspecified atom stereocenters. The summed E-state index contributed by atoms with van der Waals surface area (Å²) in [5, 5.41) is 26.5. The summed E-state index contributed by atoms with van der Waals surface area (Å²) >= 11 is 0. The third-order valence-corrected chi connectivity index (χ3v) is 4.72. The van der Waals surface area contributed by atoms with E-state index in [0.717, 1.165) is 0 Å². The maximum absolute atomic E-state index is 12.9. The van der Waals surface area contributed by atoms with Crippen molar-refractivity contribution >= 4 is 35.6 Å². The fraction of sp³-hybridized carbons (Fsp3) is 0.700. The number of nitrogens with one attached hydrogen (secondary N) is 3. The number of guanidine groups is 1. The van der Waals surface area contributed by atoms with E-state index in [-0.39, 0.29) is 37.7 Å². The van der Waals surface area contributed by atoms with Crippen LogP contribution in [-0.4, -0.2) is 82.6 Å². The summed E-state index contributed by atoms with van der Waals surface area (Å²) in [5.74, 6) is -4.90. The van der Waals surface area contributed by atoms with Gasteiger partial charge in [0.05, 0.1) is 18.6 Å². The molecule has 200 valence electrons. The minimum atomic E-state index is -1.52. The molecule has 0 heterocycles. The first-order valence-corrected chi connectivity index (χ1v) is 11.1. The van der Waals surface area contributed by atoms with Crippen LogP contribution in [0.4, 0.5) is 0 Å². The third kappa shape index (κ3) is 13.1. The lowest BCUT2D eigenvalue weighted by Gasteiger charge is -2.27. The number of amides is 4. The zero-order valence-electron chi connectivity index (χ0n) is 20.2. The van der Waals surface area contributed by atoms with Crippen molar-refractivity contribution < 1.29 is 34.2 Å². The van der Waals surface area contributed by atoms with Gasteiger partial charge in [-0.3, -0.25) is 24.2 Å². The van der Waals surface area contributed by atoms with Gasteiger partial charge < -0.3 is 49.1 Å². The zero-order chi connectivity index (χ0) is 27.3. The van der Waals surface area contributed by atoms with Crippen LogP contribution in [0.2, 0.25) is 0 Å². The van der Waals surface area contributed by atoms with Crippen LogP contribution in [0.25, 0.3) is 0 Å². The molecular formula is C20H38N8O7. The molecule has 0 fully saturated rings. The molecule has 0 saturated carbocycles. The molecular weight excluding hydrogens is 464 g/mol. The molecule has 15 heteroatoms. The molecule has 15 nitrogen and oxygen atoms in total. The van der Waals surface area contributed by atoms with Crippen LogP contribution in [0.15, 0.2) is 4.99 Å². The fourth-order valence-corrected chi connectivity index (χ4v) is 2.97. The first-order chi connectivity index (χ1) is 16.1. The summed E-state index contributed by atoms with van der Waals surface area (Å²) in [6.45, 7) is 4.95. The molecule has 0 aromatic rings. The lowest BCUT2D eigenvalue weighted by molar-refractivity contribution is -0.143. The van der Waals surface area contributed by atoms with E-state index in [0.29, 0.717) is 0 Å². The summed E-state index contributed by atoms with van der Waals surface area (Å²) in [6, 6.07) is -5.27. The highest BCUT2D eigenvalue weighted by molar-refractivity contribution is 5.95. The number of carbonyl (C=O) groups excluding carboxylic acids is 4. The monoisotopic (exact) mass is 502 g/mol. The number of aliphatic hydroxyl groups is 1. The molecule has 0 aromatic carbocycles. The quantitative estimate of drug-likeness (QED) is 0.0563. The van der Waals surface area contributed by atoms with Gasteiger partial charge in [-0.05, 0) is 32.1 Å². The number of aliphatic carboxylic acids is 1. The highest BCUT2D eigenvalue weighted by Crippen LogP contribution is 2.08. The molecule has 0 aliphatic rings. The standard InChI is InChI=1S/C20H38N8O7/c1-9(2)7-13(27-16(31)11(21)8-14(22)30)17(32)28-15(10(3)29)18(33)26-12(19(34)35)5-4-6-25-20(23)24/h9-13,15,29H,4-8,21H2,1-3H3,(H2,22,30)(H,26,33)(H,27,31)(H,28,32)(H,34,35)(H4,23,24,25). The number of primary amides is 1. The van der Waals surface area contributed by atoms with E-state index in [1.165, 1.54) is 6.92 Å². The van der Waals surface area contributed by atoms with Gasteiger partial charge in [0.1, 0.15) is 18.1 Å². The van der Waals surface area contributed by atoms with Crippen LogP contribution in [0, 0.1) is 5.92 Å². The first-order valence-electron chi connectivity index (χ1n) is 11.1. The Morgan fingerprint density at radius 3 is 1.91 bits per heavy atom. The largest absolute Gasteiger partial charge is 0.480 e. The van der Waals surface area contributed by atoms with Gasteiger partial charge in [-0.2, -0.15) is 0 Å². The highest BCUT2D eigenvalue weighted by Gasteiger charge is 2.33. The van der Waals surface area contributed by atoms with Crippen LogP contribution in [0.1, 0.15) is 46.5 Å². The minimum Gasteiger partial charge on any atom is -0.480 e. The minimum absolute atomic E-state index is 0.0118. The van der Waals surface area contributed by atoms with E-state index in [2.05, 4.69) is 20.9 Å². The van der Waals surface area contributed by atoms with Crippen molar-refractivity contribution in [3.05, 3.63) is 0 Å². The Balaban J connectivity index is 5.38. The molecule has 5 atom stereocenters. The average Bonchev–Trinajstić information content (AvgIpc) is 2.71. The Hall–Kier alpha value is -3.46. The lowest BCUT2D eigenvalue weighted by Crippen LogP contribution is -2.60. The number of aliphatic imine (C=N–C) groups is 1. The summed E-state index contributed by atoms with van der Waals surface area (Å²) in [4.78, 5) is 64.1. The molecule has 0 radical (unpaired) electrons. The number of carboxylic acid groups (broad SMARTS) is 1. The van der Waals surface area contributed by atoms with Crippen LogP contribution in [0.5, 0.6) is 0 Å². The molecule has 0 spiro atoms. The second-order valence-electron chi connectivity index (χ2n) is 8.54. The van der Waals surface area contributed by atoms with E-state index < -0.39 is 66.3 Å². The number of nitrogens with two attached hydrogens (primary N) is 4. The highest BCUT2D eigenvalue weighted by atomic mass is 16.4. The molecule has 35 heavy (non-hydrogen) atoms. The van der Waals surface area contributed by atoms with Gasteiger partial charge in [0.15, 0.2) is 5.96 Å². The molecule has 0 aliphatic carbocycles. The van der Waals surface area contributed by atoms with Crippen LogP contribution >= 0.6 is 0 Å². The summed E-state index contributed by atoms with van der Waals surface area (Å²) in [7, 11) is 0. The van der Waals surface area contributed by atoms with Crippen molar-refractivity contribution in [2.45, 2.75) is 76.7 Å². The van der Waals surface area contributed by atoms with E-state index >= 15 is 0 Å². The fourth-order valence-electron chi connectivity index (χ4n) is 2.97. The van der Waals surface area contributed by atoms with Crippen molar-refractivity contribution in [3.63, 3.8) is 0 Å². The maximum Gasteiger partial charge on any atom is 0.326 e. The third-order valence-electron chi connectivity index (χ3n) is 4.72. The Kier molecular flexibility index (Phi) is 13.9. The molecule has 0 bridgehead atoms. The number of carboxylic acids is 1. The maximum atomic E-state index is 12.9. The number of nitrogens with zero attached hydrogens (tertiary/aromatic N) is 1. The van der Waals surface area contributed by atoms with Gasteiger partial charge in [-0.15, -0.1) is 0 Å². The van der Waals surface area contributed by atoms with Crippen LogP contribution < -0.4 is 38.9 Å². The Bertz CT molecular complexity index is 783. The average molecular weight is 503 g/mol. The molecule has 0 aromatic heterocycles. The normalized spacial score (nSPS) is 15.1. The molecule has 13 N–H and O–H groups in total. The summed E-state index contributed by atoms with van der Waals surface area (Å²) < 4.78 is 0. The van der Waals surface area contributed by atoms with Gasteiger partial charge in [0, 0.05) is 6.54 Å². The van der Waals surface area contributed by atoms with Crippen molar-refractivity contribution in [1.29, 1.82) is 0 Å². The number of aliphatic hydroxyl groups excluding tert-OH is 1. The van der Waals surface area contributed by atoms with Crippen molar-refractivity contribution in [3.8, 4) is 0 Å². The second kappa shape index (κ2) is 15.4. The van der Waals surface area contributed by atoms with E-state index in [1.54, 1.807) is 13.8 Å². The second-order valence-corrected chi connectivity index (χ2v) is 8.54. The molecule has 0 saturated heterocycles. The van der Waals surface area contributed by atoms with Crippen LogP contribution in [-0.2, 0) is 24.0 Å². The zero-order valence-corrected chi connectivity index (χ0v) is 20.2. The van der Waals surface area contributed by atoms with Gasteiger partial charge in [-0.1, -0.05) is 13.8 Å². The smallest absolute Gasteiger partial charge is 0.326 e. The number of carbonyl (C=O) groups is 5. The SMILES string of the molecule is CC(C)CC(NC(=O)C(N)CC(N)=O)C(=O)NC(C(=O)NC(CCCN=C(N)N)C(=O)O)C(C)O. The Morgan fingerprint density at radius 2 is 1.46 bits per heavy atom. The number of rotatable bonds is 16. The summed E-state index contributed by atoms with van der Waals surface area (Å²) in [6.07, 6.45) is -1.45. The topological polar surface area (TPSA) is 278 Å².